The largest absolute Gasteiger partial charge is 0.387 e. The molecule has 1 fully saturated rings. The molecule has 1 aliphatic rings. The van der Waals surface area contributed by atoms with E-state index in [0.29, 0.717) is 11.4 Å². The minimum Gasteiger partial charge on any atom is -0.387 e. The maximum Gasteiger partial charge on any atom is 0.262 e. The second-order valence-electron chi connectivity index (χ2n) is 8.43. The molecular formula is C21H22F2N10O4. The number of nitrogens with one attached hydrogen (secondary N) is 2. The van der Waals surface area contributed by atoms with E-state index in [2.05, 4.69) is 40.9 Å². The number of aromatic nitrogens is 8. The van der Waals surface area contributed by atoms with E-state index in [4.69, 9.17) is 4.74 Å². The van der Waals surface area contributed by atoms with Crippen LogP contribution in [0.15, 0.2) is 36.9 Å². The number of nitrogens with zero attached hydrogens (tertiary/aromatic N) is 8. The van der Waals surface area contributed by atoms with Gasteiger partial charge in [0.25, 0.3) is 17.8 Å². The number of carbonyl (C=O) groups excluding carboxylic acids is 1. The van der Waals surface area contributed by atoms with Gasteiger partial charge >= 0.3 is 0 Å². The van der Waals surface area contributed by atoms with Crippen molar-refractivity contribution in [1.82, 2.24) is 44.8 Å². The van der Waals surface area contributed by atoms with E-state index >= 15 is 0 Å². The lowest BCUT2D eigenvalue weighted by molar-refractivity contribution is -0.137. The summed E-state index contributed by atoms with van der Waals surface area (Å²) in [7, 11) is 1.36. The Kier molecular flexibility index (Phi) is 6.22. The topological polar surface area (TPSA) is 178 Å². The molecule has 1 saturated heterocycles. The minimum atomic E-state index is -3.06. The van der Waals surface area contributed by atoms with Crippen LogP contribution in [0, 0.1) is 0 Å². The number of rotatable bonds is 7. The number of aliphatic hydroxyl groups excluding tert-OH is 2. The number of amides is 1. The predicted octanol–water partition coefficient (Wildman–Crippen LogP) is -0.0987. The molecule has 4 N–H and O–H groups in total. The van der Waals surface area contributed by atoms with Crippen molar-refractivity contribution in [3.05, 3.63) is 36.9 Å². The van der Waals surface area contributed by atoms with Crippen molar-refractivity contribution in [2.75, 3.05) is 18.9 Å². The summed E-state index contributed by atoms with van der Waals surface area (Å²) in [6.45, 7) is -0.000538. The first kappa shape index (κ1) is 24.5. The highest BCUT2D eigenvalue weighted by atomic mass is 19.3. The van der Waals surface area contributed by atoms with Crippen LogP contribution in [-0.4, -0.2) is 93.4 Å². The van der Waals surface area contributed by atoms with E-state index in [1.165, 1.54) is 28.8 Å². The molecule has 1 aliphatic heterocycles. The molecule has 5 heterocycles. The molecule has 0 aromatic carbocycles. The fourth-order valence-electron chi connectivity index (χ4n) is 3.80. The summed E-state index contributed by atoms with van der Waals surface area (Å²) in [5, 5.41) is 34.0. The fraction of sp³-hybridized carbons (Fsp3) is 0.381. The van der Waals surface area contributed by atoms with Gasteiger partial charge in [-0.25, -0.2) is 13.8 Å². The summed E-state index contributed by atoms with van der Waals surface area (Å²) in [5.74, 6) is -3.78. The molecule has 5 rings (SSSR count). The molecule has 16 heteroatoms. The quantitative estimate of drug-likeness (QED) is 0.258. The number of anilines is 1. The third-order valence-electron chi connectivity index (χ3n) is 5.62. The Morgan fingerprint density at radius 1 is 1.19 bits per heavy atom. The van der Waals surface area contributed by atoms with E-state index in [0.717, 1.165) is 6.92 Å². The SMILES string of the molecule is CNC(=O)[C@H]1OC(n2cnc3c(NCC(C)(F)F)nc(-n4cc(-c5ccccn5)nn4)nc32)[C@H](O)[C@@H]1O. The van der Waals surface area contributed by atoms with Gasteiger partial charge in [-0.05, 0) is 12.1 Å². The second-order valence-corrected chi connectivity index (χ2v) is 8.43. The van der Waals surface area contributed by atoms with E-state index in [1.807, 2.05) is 0 Å². The zero-order chi connectivity index (χ0) is 26.3. The van der Waals surface area contributed by atoms with Crippen molar-refractivity contribution in [3.63, 3.8) is 0 Å². The van der Waals surface area contributed by atoms with Crippen LogP contribution in [0.5, 0.6) is 0 Å². The van der Waals surface area contributed by atoms with Crippen molar-refractivity contribution in [2.24, 2.45) is 0 Å². The third-order valence-corrected chi connectivity index (χ3v) is 5.62. The van der Waals surface area contributed by atoms with Crippen LogP contribution in [0.1, 0.15) is 13.2 Å². The second kappa shape index (κ2) is 9.38. The van der Waals surface area contributed by atoms with Crippen LogP contribution >= 0.6 is 0 Å². The Labute approximate surface area is 207 Å². The van der Waals surface area contributed by atoms with Crippen molar-refractivity contribution >= 4 is 22.9 Å². The predicted molar refractivity (Wildman–Crippen MR) is 123 cm³/mol. The van der Waals surface area contributed by atoms with Gasteiger partial charge in [0.2, 0.25) is 0 Å². The van der Waals surface area contributed by atoms with Crippen molar-refractivity contribution in [1.29, 1.82) is 0 Å². The first-order valence-corrected chi connectivity index (χ1v) is 11.1. The number of imidazole rings is 1. The Bertz CT molecular complexity index is 1420. The van der Waals surface area contributed by atoms with Gasteiger partial charge in [-0.1, -0.05) is 11.3 Å². The standard InChI is InChI=1S/C21H22F2N10O4/c1-21(22,23)8-26-16-12-17(32(9-27-12)19-14(35)13(34)15(37-19)18(36)24-2)29-20(28-16)33-7-11(30-31-33)10-5-3-4-6-25-10/h3-7,9,13-15,19,34-35H,8H2,1-2H3,(H,24,36)(H,26,28,29)/t13-,14+,15-,19?/m0/s1. The average Bonchev–Trinajstić information content (AvgIpc) is 3.61. The molecule has 1 amide bonds. The van der Waals surface area contributed by atoms with Gasteiger partial charge in [-0.15, -0.1) is 5.10 Å². The fourth-order valence-corrected chi connectivity index (χ4v) is 3.80. The highest BCUT2D eigenvalue weighted by Gasteiger charge is 2.47. The lowest BCUT2D eigenvalue weighted by Crippen LogP contribution is -2.41. The van der Waals surface area contributed by atoms with Crippen LogP contribution in [0.25, 0.3) is 28.5 Å². The number of pyridine rings is 1. The highest BCUT2D eigenvalue weighted by Crippen LogP contribution is 2.33. The minimum absolute atomic E-state index is 0.0361. The summed E-state index contributed by atoms with van der Waals surface area (Å²) in [6.07, 6.45) is -1.31. The Hall–Kier alpha value is -4.15. The van der Waals surface area contributed by atoms with Crippen molar-refractivity contribution < 1.29 is 28.5 Å². The molecule has 0 bridgehead atoms. The lowest BCUT2D eigenvalue weighted by atomic mass is 10.1. The summed E-state index contributed by atoms with van der Waals surface area (Å²) in [4.78, 5) is 29.2. The maximum absolute atomic E-state index is 13.6. The summed E-state index contributed by atoms with van der Waals surface area (Å²) < 4.78 is 35.4. The smallest absolute Gasteiger partial charge is 0.262 e. The molecular weight excluding hydrogens is 494 g/mol. The molecule has 14 nitrogen and oxygen atoms in total. The van der Waals surface area contributed by atoms with Gasteiger partial charge in [0, 0.05) is 20.2 Å². The number of carbonyl (C=O) groups is 1. The number of halogens is 2. The monoisotopic (exact) mass is 516 g/mol. The van der Waals surface area contributed by atoms with E-state index in [-0.39, 0.29) is 22.9 Å². The third kappa shape index (κ3) is 4.68. The van der Waals surface area contributed by atoms with Gasteiger partial charge in [-0.3, -0.25) is 14.3 Å². The number of hydrogen-bond acceptors (Lipinski definition) is 11. The van der Waals surface area contributed by atoms with Crippen LogP contribution < -0.4 is 10.6 Å². The number of likely N-dealkylation sites (N-methyl/N-ethyl adjacent to an activating group) is 1. The molecule has 4 atom stereocenters. The molecule has 4 aromatic heterocycles. The van der Waals surface area contributed by atoms with Crippen LogP contribution in [0.2, 0.25) is 0 Å². The number of aliphatic hydroxyl groups is 2. The maximum atomic E-state index is 13.6. The Balaban J connectivity index is 1.58. The molecule has 4 aromatic rings. The van der Waals surface area contributed by atoms with Gasteiger partial charge in [0.15, 0.2) is 29.3 Å². The molecule has 194 valence electrons. The van der Waals surface area contributed by atoms with E-state index in [9.17, 15) is 23.8 Å². The summed E-state index contributed by atoms with van der Waals surface area (Å²) in [5.41, 5.74) is 1.11. The van der Waals surface area contributed by atoms with Crippen LogP contribution in [0.3, 0.4) is 0 Å². The van der Waals surface area contributed by atoms with Gasteiger partial charge in [0.1, 0.15) is 17.9 Å². The van der Waals surface area contributed by atoms with E-state index in [1.54, 1.807) is 24.4 Å². The van der Waals surface area contributed by atoms with Gasteiger partial charge in [-0.2, -0.15) is 14.6 Å². The molecule has 0 saturated carbocycles. The first-order valence-electron chi connectivity index (χ1n) is 11.1. The lowest BCUT2D eigenvalue weighted by Gasteiger charge is -2.17. The summed E-state index contributed by atoms with van der Waals surface area (Å²) >= 11 is 0. The highest BCUT2D eigenvalue weighted by molar-refractivity contribution is 5.84. The number of hydrogen-bond donors (Lipinski definition) is 4. The Morgan fingerprint density at radius 2 is 2.00 bits per heavy atom. The summed E-state index contributed by atoms with van der Waals surface area (Å²) in [6, 6.07) is 5.26. The average molecular weight is 516 g/mol. The number of ether oxygens (including phenoxy) is 1. The van der Waals surface area contributed by atoms with Gasteiger partial charge < -0.3 is 25.6 Å². The first-order chi connectivity index (χ1) is 17.7. The molecule has 0 spiro atoms. The van der Waals surface area contributed by atoms with Crippen molar-refractivity contribution in [3.8, 4) is 17.3 Å². The Morgan fingerprint density at radius 3 is 2.70 bits per heavy atom. The number of fused-ring (bicyclic) bond motifs is 1. The zero-order valence-corrected chi connectivity index (χ0v) is 19.5. The van der Waals surface area contributed by atoms with Crippen molar-refractivity contribution in [2.45, 2.75) is 37.4 Å². The normalized spacial score (nSPS) is 21.9. The molecule has 0 aliphatic carbocycles. The van der Waals surface area contributed by atoms with Gasteiger partial charge in [0.05, 0.1) is 24.8 Å². The number of alkyl halides is 2. The zero-order valence-electron chi connectivity index (χ0n) is 19.5. The van der Waals surface area contributed by atoms with E-state index < -0.39 is 42.9 Å². The molecule has 1 unspecified atom stereocenters. The molecule has 0 radical (unpaired) electrons. The van der Waals surface area contributed by atoms with Crippen LogP contribution in [-0.2, 0) is 9.53 Å². The molecule has 37 heavy (non-hydrogen) atoms. The van der Waals surface area contributed by atoms with Crippen LogP contribution in [0.4, 0.5) is 14.6 Å².